The molecule has 3 aromatic carbocycles. The van der Waals surface area contributed by atoms with E-state index in [0.29, 0.717) is 52.4 Å². The van der Waals surface area contributed by atoms with Crippen LogP contribution in [0.25, 0.3) is 22.3 Å². The minimum absolute atomic E-state index is 0.0634. The Balaban J connectivity index is 1.35. The Morgan fingerprint density at radius 1 is 1.02 bits per heavy atom. The zero-order chi connectivity index (χ0) is 31.9. The lowest BCUT2D eigenvalue weighted by Crippen LogP contribution is -2.10. The number of imidazole rings is 1. The summed E-state index contributed by atoms with van der Waals surface area (Å²) in [4.78, 5) is 20.6. The Morgan fingerprint density at radius 3 is 2.58 bits per heavy atom. The topological polar surface area (TPSA) is 119 Å². The van der Waals surface area contributed by atoms with Crippen molar-refractivity contribution in [1.29, 1.82) is 5.26 Å². The van der Waals surface area contributed by atoms with Gasteiger partial charge in [0.1, 0.15) is 30.6 Å². The van der Waals surface area contributed by atoms with Gasteiger partial charge >= 0.3 is 5.97 Å². The van der Waals surface area contributed by atoms with Gasteiger partial charge in [-0.05, 0) is 48.0 Å². The van der Waals surface area contributed by atoms with E-state index >= 15 is 4.39 Å². The van der Waals surface area contributed by atoms with Crippen molar-refractivity contribution in [2.45, 2.75) is 26.0 Å². The summed E-state index contributed by atoms with van der Waals surface area (Å²) in [5.74, 6) is -0.643. The zero-order valence-electron chi connectivity index (χ0n) is 24.0. The minimum atomic E-state index is -2.68. The van der Waals surface area contributed by atoms with Crippen molar-refractivity contribution in [3.63, 3.8) is 0 Å². The number of fused-ring (bicyclic) bond motifs is 1. The summed E-state index contributed by atoms with van der Waals surface area (Å²) < 4.78 is 58.9. The van der Waals surface area contributed by atoms with Crippen molar-refractivity contribution in [3.8, 4) is 29.0 Å². The number of rotatable bonds is 13. The number of carboxylic acids is 1. The maximum atomic E-state index is 15.4. The molecule has 5 rings (SSSR count). The number of hydrogen-bond donors (Lipinski definition) is 1. The van der Waals surface area contributed by atoms with E-state index < -0.39 is 24.8 Å². The third-order valence-corrected chi connectivity index (χ3v) is 6.95. The molecule has 0 amide bonds. The number of hydrogen-bond acceptors (Lipinski definition) is 7. The highest BCUT2D eigenvalue weighted by Crippen LogP contribution is 2.27. The Kier molecular flexibility index (Phi) is 9.60. The molecular weight excluding hydrogens is 589 g/mol. The normalized spacial score (nSPS) is 11.1. The van der Waals surface area contributed by atoms with Crippen molar-refractivity contribution in [2.75, 3.05) is 20.3 Å². The SMILES string of the molecule is COCCn1c(Cc2ccc(-c3cccc(OCc4ccc(C#N)cc4OCC(F)F)n3)cc2F)nc2ccc(C(=O)O)cc21. The third kappa shape index (κ3) is 7.39. The standard InChI is InChI=1S/C33H27F3N4O5/c1-43-12-11-40-28-15-23(33(41)42)9-10-27(28)38-31(40)16-21-7-8-22(14-25(21)34)26-3-2-4-32(39-26)45-18-24-6-5-20(17-37)13-29(24)44-19-30(35)36/h2-10,13-15,30H,11-12,16,18-19H2,1H3,(H,41,42). The van der Waals surface area contributed by atoms with Crippen LogP contribution in [0.1, 0.15) is 32.9 Å². The van der Waals surface area contributed by atoms with E-state index in [1.165, 1.54) is 24.3 Å². The molecule has 0 unspecified atom stereocenters. The van der Waals surface area contributed by atoms with E-state index in [9.17, 15) is 18.7 Å². The number of carboxylic acid groups (broad SMARTS) is 1. The van der Waals surface area contributed by atoms with E-state index in [0.717, 1.165) is 0 Å². The number of carbonyl (C=O) groups is 1. The fraction of sp³-hybridized carbons (Fsp3) is 0.212. The van der Waals surface area contributed by atoms with Gasteiger partial charge in [-0.15, -0.1) is 0 Å². The van der Waals surface area contributed by atoms with Gasteiger partial charge in [0, 0.05) is 37.3 Å². The number of ether oxygens (including phenoxy) is 3. The minimum Gasteiger partial charge on any atom is -0.487 e. The first-order chi connectivity index (χ1) is 21.7. The molecule has 12 heteroatoms. The molecule has 0 bridgehead atoms. The molecule has 0 fully saturated rings. The van der Waals surface area contributed by atoms with Gasteiger partial charge in [-0.3, -0.25) is 0 Å². The van der Waals surface area contributed by atoms with Crippen LogP contribution in [-0.4, -0.2) is 52.4 Å². The number of aromatic carboxylic acids is 1. The second kappa shape index (κ2) is 13.9. The fourth-order valence-corrected chi connectivity index (χ4v) is 4.73. The van der Waals surface area contributed by atoms with Gasteiger partial charge in [-0.2, -0.15) is 5.26 Å². The molecule has 0 aliphatic rings. The monoisotopic (exact) mass is 616 g/mol. The summed E-state index contributed by atoms with van der Waals surface area (Å²) >= 11 is 0. The van der Waals surface area contributed by atoms with Gasteiger partial charge < -0.3 is 23.9 Å². The summed E-state index contributed by atoms with van der Waals surface area (Å²) in [5.41, 5.74) is 3.38. The van der Waals surface area contributed by atoms with E-state index in [2.05, 4.69) is 9.97 Å². The first-order valence-corrected chi connectivity index (χ1v) is 13.8. The van der Waals surface area contributed by atoms with Gasteiger partial charge in [-0.25, -0.2) is 27.9 Å². The molecule has 230 valence electrons. The number of alkyl halides is 2. The third-order valence-electron chi connectivity index (χ3n) is 6.95. The molecule has 0 saturated carbocycles. The highest BCUT2D eigenvalue weighted by molar-refractivity contribution is 5.92. The first kappa shape index (κ1) is 31.0. The molecule has 0 radical (unpaired) electrons. The summed E-state index contributed by atoms with van der Waals surface area (Å²) in [6, 6.07) is 20.8. The summed E-state index contributed by atoms with van der Waals surface area (Å²) in [6.45, 7) is -0.124. The van der Waals surface area contributed by atoms with Crippen LogP contribution in [-0.2, 0) is 24.3 Å². The largest absolute Gasteiger partial charge is 0.487 e. The van der Waals surface area contributed by atoms with Crippen molar-refractivity contribution in [1.82, 2.24) is 14.5 Å². The van der Waals surface area contributed by atoms with Crippen LogP contribution in [0.15, 0.2) is 72.8 Å². The number of nitrogens with zero attached hydrogens (tertiary/aromatic N) is 4. The lowest BCUT2D eigenvalue weighted by Gasteiger charge is -2.13. The van der Waals surface area contributed by atoms with E-state index in [1.54, 1.807) is 55.6 Å². The Morgan fingerprint density at radius 2 is 1.84 bits per heavy atom. The molecule has 45 heavy (non-hydrogen) atoms. The predicted octanol–water partition coefficient (Wildman–Crippen LogP) is 6.27. The molecule has 0 atom stereocenters. The van der Waals surface area contributed by atoms with Crippen molar-refractivity contribution in [3.05, 3.63) is 107 Å². The van der Waals surface area contributed by atoms with Crippen LogP contribution in [0.3, 0.4) is 0 Å². The number of aromatic nitrogens is 3. The van der Waals surface area contributed by atoms with Crippen LogP contribution in [0.4, 0.5) is 13.2 Å². The van der Waals surface area contributed by atoms with Crippen LogP contribution < -0.4 is 9.47 Å². The molecule has 0 aliphatic heterocycles. The molecule has 2 heterocycles. The maximum absolute atomic E-state index is 15.4. The number of halogens is 3. The lowest BCUT2D eigenvalue weighted by molar-refractivity contribution is 0.0697. The molecular formula is C33H27F3N4O5. The summed E-state index contributed by atoms with van der Waals surface area (Å²) in [5, 5.41) is 18.6. The second-order valence-corrected chi connectivity index (χ2v) is 9.95. The highest BCUT2D eigenvalue weighted by Gasteiger charge is 2.17. The quantitative estimate of drug-likeness (QED) is 0.165. The second-order valence-electron chi connectivity index (χ2n) is 9.95. The van der Waals surface area contributed by atoms with Crippen LogP contribution in [0.2, 0.25) is 0 Å². The fourth-order valence-electron chi connectivity index (χ4n) is 4.73. The molecule has 2 aromatic heterocycles. The molecule has 1 N–H and O–H groups in total. The van der Waals surface area contributed by atoms with Gasteiger partial charge in [0.05, 0.1) is 40.5 Å². The highest BCUT2D eigenvalue weighted by atomic mass is 19.3. The van der Waals surface area contributed by atoms with Crippen LogP contribution >= 0.6 is 0 Å². The van der Waals surface area contributed by atoms with Crippen LogP contribution in [0.5, 0.6) is 11.6 Å². The van der Waals surface area contributed by atoms with Crippen molar-refractivity contribution >= 4 is 17.0 Å². The van der Waals surface area contributed by atoms with Gasteiger partial charge in [-0.1, -0.05) is 24.3 Å². The molecule has 0 saturated heterocycles. The van der Waals surface area contributed by atoms with Gasteiger partial charge in [0.2, 0.25) is 5.88 Å². The molecule has 0 aliphatic carbocycles. The maximum Gasteiger partial charge on any atom is 0.335 e. The van der Waals surface area contributed by atoms with Gasteiger partial charge in [0.25, 0.3) is 6.43 Å². The summed E-state index contributed by atoms with van der Waals surface area (Å²) in [6.07, 6.45) is -2.52. The number of methoxy groups -OCH3 is 1. The summed E-state index contributed by atoms with van der Waals surface area (Å²) in [7, 11) is 1.56. The van der Waals surface area contributed by atoms with E-state index in [4.69, 9.17) is 19.5 Å². The zero-order valence-corrected chi connectivity index (χ0v) is 24.0. The number of nitriles is 1. The van der Waals surface area contributed by atoms with E-state index in [-0.39, 0.29) is 35.8 Å². The number of benzene rings is 3. The van der Waals surface area contributed by atoms with Crippen molar-refractivity contribution in [2.24, 2.45) is 0 Å². The van der Waals surface area contributed by atoms with Crippen molar-refractivity contribution < 1.29 is 37.3 Å². The first-order valence-electron chi connectivity index (χ1n) is 13.8. The van der Waals surface area contributed by atoms with Gasteiger partial charge in [0.15, 0.2) is 0 Å². The molecule has 9 nitrogen and oxygen atoms in total. The smallest absolute Gasteiger partial charge is 0.335 e. The lowest BCUT2D eigenvalue weighted by atomic mass is 10.1. The Hall–Kier alpha value is -5.41. The average Bonchev–Trinajstić information content (AvgIpc) is 3.38. The number of pyridine rings is 1. The molecule has 5 aromatic rings. The van der Waals surface area contributed by atoms with Crippen LogP contribution in [0, 0.1) is 17.1 Å². The Bertz CT molecular complexity index is 1890. The predicted molar refractivity (Wildman–Crippen MR) is 158 cm³/mol. The molecule has 0 spiro atoms. The van der Waals surface area contributed by atoms with E-state index in [1.807, 2.05) is 10.6 Å². The Labute approximate surface area is 256 Å². The average molecular weight is 617 g/mol.